The maximum atomic E-state index is 12.8. The van der Waals surface area contributed by atoms with Gasteiger partial charge in [-0.2, -0.15) is 0 Å². The van der Waals surface area contributed by atoms with Crippen LogP contribution in [0.5, 0.6) is 0 Å². The molecule has 1 fully saturated rings. The van der Waals surface area contributed by atoms with Crippen LogP contribution in [0.3, 0.4) is 0 Å². The first-order valence-corrected chi connectivity index (χ1v) is 7.91. The van der Waals surface area contributed by atoms with Gasteiger partial charge >= 0.3 is 0 Å². The molecule has 1 aliphatic heterocycles. The van der Waals surface area contributed by atoms with Gasteiger partial charge in [0.05, 0.1) is 13.2 Å². The lowest BCUT2D eigenvalue weighted by atomic mass is 10.00. The van der Waals surface area contributed by atoms with E-state index in [9.17, 15) is 4.79 Å². The van der Waals surface area contributed by atoms with Gasteiger partial charge in [0.15, 0.2) is 5.72 Å². The Morgan fingerprint density at radius 2 is 1.90 bits per heavy atom. The molecule has 1 aromatic carbocycles. The maximum absolute atomic E-state index is 12.8. The molecule has 1 atom stereocenters. The van der Waals surface area contributed by atoms with E-state index in [1.54, 1.807) is 18.9 Å². The second kappa shape index (κ2) is 6.72. The van der Waals surface area contributed by atoms with Crippen molar-refractivity contribution in [1.29, 1.82) is 0 Å². The Morgan fingerprint density at radius 3 is 2.40 bits per heavy atom. The van der Waals surface area contributed by atoms with E-state index >= 15 is 0 Å². The highest BCUT2D eigenvalue weighted by atomic mass is 32.2. The molecule has 0 saturated carbocycles. The number of carbonyl (C=O) groups is 1. The number of nitrogens with zero attached hydrogens (tertiary/aromatic N) is 1. The second-order valence-electron chi connectivity index (χ2n) is 4.84. The molecule has 2 rings (SSSR count). The number of ketones is 1. The van der Waals surface area contributed by atoms with E-state index in [1.165, 1.54) is 0 Å². The van der Waals surface area contributed by atoms with Gasteiger partial charge in [0, 0.05) is 30.7 Å². The van der Waals surface area contributed by atoms with E-state index in [1.807, 2.05) is 42.3 Å². The normalized spacial score (nSPS) is 19.6. The molecule has 0 amide bonds. The van der Waals surface area contributed by atoms with Crippen molar-refractivity contribution in [2.24, 2.45) is 0 Å². The number of thioether (sulfide) groups is 1. The topological polar surface area (TPSA) is 38.8 Å². The molecule has 1 aromatic rings. The fourth-order valence-corrected chi connectivity index (χ4v) is 2.77. The molecular formula is C15H21NO3S. The second-order valence-corrected chi connectivity index (χ2v) is 5.72. The van der Waals surface area contributed by atoms with Crippen LogP contribution in [-0.4, -0.2) is 56.1 Å². The molecule has 0 aliphatic carbocycles. The Morgan fingerprint density at radius 1 is 1.30 bits per heavy atom. The third kappa shape index (κ3) is 3.06. The van der Waals surface area contributed by atoms with Crippen molar-refractivity contribution < 1.29 is 14.3 Å². The number of rotatable bonds is 5. The number of hydrogen-bond acceptors (Lipinski definition) is 5. The molecule has 20 heavy (non-hydrogen) atoms. The minimum absolute atomic E-state index is 0.00504. The molecule has 1 saturated heterocycles. The number of carbonyl (C=O) groups excluding carboxylic acids is 1. The summed E-state index contributed by atoms with van der Waals surface area (Å²) in [5.74, 6) is -0.00504. The Balaban J connectivity index is 2.22. The number of benzene rings is 1. The standard InChI is InChI=1S/C15H21NO3S/c1-15(18-2,16-8-10-19-11-9-16)14(17)12-4-6-13(20-3)7-5-12/h4-7H,8-11H2,1-3H3. The average molecular weight is 295 g/mol. The Hall–Kier alpha value is -0.880. The van der Waals surface area contributed by atoms with Crippen LogP contribution in [0.25, 0.3) is 0 Å². The molecule has 1 aliphatic rings. The minimum atomic E-state index is -0.926. The van der Waals surface area contributed by atoms with Crippen LogP contribution in [0, 0.1) is 0 Å². The van der Waals surface area contributed by atoms with Crippen LogP contribution in [0.2, 0.25) is 0 Å². The van der Waals surface area contributed by atoms with Crippen molar-refractivity contribution in [3.63, 3.8) is 0 Å². The first kappa shape index (κ1) is 15.5. The van der Waals surface area contributed by atoms with E-state index < -0.39 is 5.72 Å². The van der Waals surface area contributed by atoms with E-state index in [0.717, 1.165) is 4.90 Å². The van der Waals surface area contributed by atoms with Crippen molar-refractivity contribution in [3.05, 3.63) is 29.8 Å². The van der Waals surface area contributed by atoms with Gasteiger partial charge in [0.25, 0.3) is 0 Å². The molecule has 1 unspecified atom stereocenters. The number of ether oxygens (including phenoxy) is 2. The summed E-state index contributed by atoms with van der Waals surface area (Å²) in [4.78, 5) is 16.0. The van der Waals surface area contributed by atoms with Gasteiger partial charge in [-0.1, -0.05) is 12.1 Å². The number of hydrogen-bond donors (Lipinski definition) is 0. The first-order chi connectivity index (χ1) is 9.61. The van der Waals surface area contributed by atoms with Gasteiger partial charge in [-0.15, -0.1) is 11.8 Å². The molecule has 4 nitrogen and oxygen atoms in total. The average Bonchev–Trinajstić information content (AvgIpc) is 2.54. The highest BCUT2D eigenvalue weighted by Gasteiger charge is 2.40. The zero-order valence-corrected chi connectivity index (χ0v) is 13.0. The SMILES string of the molecule is COC(C)(C(=O)c1ccc(SC)cc1)N1CCOCC1. The summed E-state index contributed by atoms with van der Waals surface area (Å²) in [7, 11) is 1.59. The van der Waals surface area contributed by atoms with Crippen molar-refractivity contribution >= 4 is 17.5 Å². The van der Waals surface area contributed by atoms with E-state index in [2.05, 4.69) is 0 Å². The van der Waals surface area contributed by atoms with Crippen molar-refractivity contribution in [3.8, 4) is 0 Å². The molecule has 110 valence electrons. The highest BCUT2D eigenvalue weighted by molar-refractivity contribution is 7.98. The Bertz CT molecular complexity index is 457. The van der Waals surface area contributed by atoms with Crippen LogP contribution < -0.4 is 0 Å². The third-order valence-electron chi connectivity index (χ3n) is 3.79. The fraction of sp³-hybridized carbons (Fsp3) is 0.533. The third-order valence-corrected chi connectivity index (χ3v) is 4.53. The molecule has 0 radical (unpaired) electrons. The zero-order chi connectivity index (χ0) is 14.6. The first-order valence-electron chi connectivity index (χ1n) is 6.68. The van der Waals surface area contributed by atoms with Gasteiger partial charge in [-0.3, -0.25) is 9.69 Å². The summed E-state index contributed by atoms with van der Waals surface area (Å²) < 4.78 is 10.9. The van der Waals surface area contributed by atoms with Crippen LogP contribution >= 0.6 is 11.8 Å². The fourth-order valence-electron chi connectivity index (χ4n) is 2.37. The van der Waals surface area contributed by atoms with Crippen LogP contribution in [0.15, 0.2) is 29.2 Å². The smallest absolute Gasteiger partial charge is 0.209 e. The van der Waals surface area contributed by atoms with Crippen LogP contribution in [-0.2, 0) is 9.47 Å². The summed E-state index contributed by atoms with van der Waals surface area (Å²) >= 11 is 1.66. The van der Waals surface area contributed by atoms with Crippen LogP contribution in [0.4, 0.5) is 0 Å². The zero-order valence-electron chi connectivity index (χ0n) is 12.2. The monoisotopic (exact) mass is 295 g/mol. The molecular weight excluding hydrogens is 274 g/mol. The van der Waals surface area contributed by atoms with Crippen LogP contribution in [0.1, 0.15) is 17.3 Å². The predicted octanol–water partition coefficient (Wildman–Crippen LogP) is 2.29. The molecule has 0 N–H and O–H groups in total. The summed E-state index contributed by atoms with van der Waals surface area (Å²) in [5, 5.41) is 0. The summed E-state index contributed by atoms with van der Waals surface area (Å²) in [6.45, 7) is 4.52. The molecule has 0 spiro atoms. The lowest BCUT2D eigenvalue weighted by Gasteiger charge is -2.40. The summed E-state index contributed by atoms with van der Waals surface area (Å²) in [6.07, 6.45) is 2.02. The highest BCUT2D eigenvalue weighted by Crippen LogP contribution is 2.24. The largest absolute Gasteiger partial charge is 0.379 e. The van der Waals surface area contributed by atoms with Crippen molar-refractivity contribution in [1.82, 2.24) is 4.90 Å². The molecule has 5 heteroatoms. The van der Waals surface area contributed by atoms with E-state index in [0.29, 0.717) is 31.9 Å². The van der Waals surface area contributed by atoms with Crippen molar-refractivity contribution in [2.45, 2.75) is 17.5 Å². The Kier molecular flexibility index (Phi) is 5.21. The van der Waals surface area contributed by atoms with Gasteiger partial charge < -0.3 is 9.47 Å². The van der Waals surface area contributed by atoms with Gasteiger partial charge in [0.1, 0.15) is 0 Å². The number of morpholine rings is 1. The summed E-state index contributed by atoms with van der Waals surface area (Å²) in [6, 6.07) is 7.67. The molecule has 0 aromatic heterocycles. The van der Waals surface area contributed by atoms with E-state index in [4.69, 9.17) is 9.47 Å². The van der Waals surface area contributed by atoms with Crippen molar-refractivity contribution in [2.75, 3.05) is 39.7 Å². The lowest BCUT2D eigenvalue weighted by Crippen LogP contribution is -2.57. The maximum Gasteiger partial charge on any atom is 0.209 e. The lowest BCUT2D eigenvalue weighted by molar-refractivity contribution is -0.121. The van der Waals surface area contributed by atoms with Gasteiger partial charge in [0.2, 0.25) is 5.78 Å². The van der Waals surface area contributed by atoms with Gasteiger partial charge in [-0.05, 0) is 25.3 Å². The number of methoxy groups -OCH3 is 1. The Labute approximate surface area is 124 Å². The van der Waals surface area contributed by atoms with E-state index in [-0.39, 0.29) is 5.78 Å². The minimum Gasteiger partial charge on any atom is -0.379 e. The predicted molar refractivity (Wildman–Crippen MR) is 80.4 cm³/mol. The number of Topliss-reactive ketones (excluding diaryl/α,β-unsaturated/α-hetero) is 1. The molecule has 1 heterocycles. The van der Waals surface area contributed by atoms with Gasteiger partial charge in [-0.25, -0.2) is 0 Å². The summed E-state index contributed by atoms with van der Waals surface area (Å²) in [5.41, 5.74) is -0.247. The molecule has 0 bridgehead atoms. The quantitative estimate of drug-likeness (QED) is 0.615.